The molecule has 2 heteroatoms. The summed E-state index contributed by atoms with van der Waals surface area (Å²) in [7, 11) is 2.22. The van der Waals surface area contributed by atoms with E-state index in [2.05, 4.69) is 32.7 Å². The van der Waals surface area contributed by atoms with Gasteiger partial charge in [0.15, 0.2) is 0 Å². The molecule has 1 atom stereocenters. The second-order valence-electron chi connectivity index (χ2n) is 4.92. The highest BCUT2D eigenvalue weighted by molar-refractivity contribution is 4.92. The second-order valence-corrected chi connectivity index (χ2v) is 4.92. The molecule has 0 bridgehead atoms. The van der Waals surface area contributed by atoms with Crippen molar-refractivity contribution in [3.05, 3.63) is 0 Å². The highest BCUT2D eigenvalue weighted by Crippen LogP contribution is 2.37. The Morgan fingerprint density at radius 2 is 2.00 bits per heavy atom. The minimum absolute atomic E-state index is 0.298. The van der Waals surface area contributed by atoms with E-state index in [0.29, 0.717) is 11.6 Å². The van der Waals surface area contributed by atoms with Crippen LogP contribution < -0.4 is 5.73 Å². The molecule has 1 rings (SSSR count). The van der Waals surface area contributed by atoms with Crippen LogP contribution in [-0.4, -0.2) is 30.1 Å². The van der Waals surface area contributed by atoms with E-state index in [1.54, 1.807) is 0 Å². The van der Waals surface area contributed by atoms with Gasteiger partial charge in [-0.15, -0.1) is 0 Å². The second kappa shape index (κ2) is 3.97. The van der Waals surface area contributed by atoms with E-state index in [9.17, 15) is 0 Å². The molecule has 1 unspecified atom stereocenters. The summed E-state index contributed by atoms with van der Waals surface area (Å²) >= 11 is 0. The van der Waals surface area contributed by atoms with Crippen molar-refractivity contribution >= 4 is 0 Å². The number of nitrogens with zero attached hydrogens (tertiary/aromatic N) is 1. The fourth-order valence-electron chi connectivity index (χ4n) is 1.85. The number of nitrogens with two attached hydrogens (primary N) is 1. The minimum Gasteiger partial charge on any atom is -0.329 e. The van der Waals surface area contributed by atoms with Crippen LogP contribution in [0, 0.1) is 5.92 Å². The van der Waals surface area contributed by atoms with Gasteiger partial charge in [0.25, 0.3) is 0 Å². The summed E-state index contributed by atoms with van der Waals surface area (Å²) in [4.78, 5) is 2.48. The first kappa shape index (κ1) is 11.0. The van der Waals surface area contributed by atoms with E-state index in [-0.39, 0.29) is 0 Å². The molecular formula is C11H24N2. The third-order valence-electron chi connectivity index (χ3n) is 3.73. The predicted octanol–water partition coefficient (Wildman–Crippen LogP) is 1.84. The highest BCUT2D eigenvalue weighted by Gasteiger charge is 2.37. The van der Waals surface area contributed by atoms with Crippen molar-refractivity contribution in [1.82, 2.24) is 4.90 Å². The molecule has 0 amide bonds. The first-order valence-electron chi connectivity index (χ1n) is 5.46. The first-order chi connectivity index (χ1) is 6.03. The first-order valence-corrected chi connectivity index (χ1v) is 5.46. The SMILES string of the molecule is CCC(C)(C)N(C)C(CN)C1CC1. The molecule has 0 aliphatic heterocycles. The van der Waals surface area contributed by atoms with Crippen LogP contribution >= 0.6 is 0 Å². The summed E-state index contributed by atoms with van der Waals surface area (Å²) in [6, 6.07) is 0.606. The highest BCUT2D eigenvalue weighted by atomic mass is 15.2. The van der Waals surface area contributed by atoms with Crippen molar-refractivity contribution in [2.24, 2.45) is 11.7 Å². The summed E-state index contributed by atoms with van der Waals surface area (Å²) in [6.45, 7) is 7.66. The third kappa shape index (κ3) is 2.44. The lowest BCUT2D eigenvalue weighted by Gasteiger charge is -2.40. The smallest absolute Gasteiger partial charge is 0.0248 e. The molecule has 0 aromatic heterocycles. The Balaban J connectivity index is 2.56. The molecular weight excluding hydrogens is 160 g/mol. The van der Waals surface area contributed by atoms with E-state index in [1.807, 2.05) is 0 Å². The lowest BCUT2D eigenvalue weighted by molar-refractivity contribution is 0.0888. The molecule has 0 heterocycles. The van der Waals surface area contributed by atoms with Crippen LogP contribution in [0.1, 0.15) is 40.0 Å². The Bertz CT molecular complexity index is 161. The molecule has 1 saturated carbocycles. The molecule has 0 spiro atoms. The number of hydrogen-bond acceptors (Lipinski definition) is 2. The van der Waals surface area contributed by atoms with Crippen molar-refractivity contribution < 1.29 is 0 Å². The van der Waals surface area contributed by atoms with Crippen LogP contribution in [0.25, 0.3) is 0 Å². The summed E-state index contributed by atoms with van der Waals surface area (Å²) in [5, 5.41) is 0. The predicted molar refractivity (Wildman–Crippen MR) is 57.7 cm³/mol. The van der Waals surface area contributed by atoms with Gasteiger partial charge in [-0.3, -0.25) is 4.90 Å². The molecule has 0 aromatic rings. The Morgan fingerprint density at radius 1 is 1.46 bits per heavy atom. The van der Waals surface area contributed by atoms with Gasteiger partial charge in [-0.25, -0.2) is 0 Å². The van der Waals surface area contributed by atoms with Crippen LogP contribution in [0.15, 0.2) is 0 Å². The van der Waals surface area contributed by atoms with Gasteiger partial charge in [-0.05, 0) is 46.1 Å². The van der Waals surface area contributed by atoms with Gasteiger partial charge < -0.3 is 5.73 Å². The van der Waals surface area contributed by atoms with Gasteiger partial charge >= 0.3 is 0 Å². The van der Waals surface area contributed by atoms with Gasteiger partial charge in [0, 0.05) is 18.1 Å². The van der Waals surface area contributed by atoms with Crippen LogP contribution in [0.2, 0.25) is 0 Å². The lowest BCUT2D eigenvalue weighted by atomic mass is 9.96. The standard InChI is InChI=1S/C11H24N2/c1-5-11(2,3)13(4)10(8-12)9-6-7-9/h9-10H,5-8,12H2,1-4H3. The van der Waals surface area contributed by atoms with Gasteiger partial charge in [0.05, 0.1) is 0 Å². The summed E-state index contributed by atoms with van der Waals surface area (Å²) in [5.74, 6) is 0.876. The Labute approximate surface area is 82.5 Å². The lowest BCUT2D eigenvalue weighted by Crippen LogP contribution is -2.50. The van der Waals surface area contributed by atoms with E-state index < -0.39 is 0 Å². The fraction of sp³-hybridized carbons (Fsp3) is 1.00. The fourth-order valence-corrected chi connectivity index (χ4v) is 1.85. The molecule has 78 valence electrons. The zero-order valence-electron chi connectivity index (χ0n) is 9.51. The van der Waals surface area contributed by atoms with Crippen LogP contribution in [-0.2, 0) is 0 Å². The largest absolute Gasteiger partial charge is 0.329 e. The van der Waals surface area contributed by atoms with Crippen LogP contribution in [0.3, 0.4) is 0 Å². The van der Waals surface area contributed by atoms with Crippen molar-refractivity contribution in [2.45, 2.75) is 51.6 Å². The molecule has 2 nitrogen and oxygen atoms in total. The van der Waals surface area contributed by atoms with Crippen molar-refractivity contribution in [3.8, 4) is 0 Å². The van der Waals surface area contributed by atoms with E-state index in [0.717, 1.165) is 12.5 Å². The maximum absolute atomic E-state index is 5.82. The van der Waals surface area contributed by atoms with Crippen LogP contribution in [0.4, 0.5) is 0 Å². The maximum atomic E-state index is 5.82. The molecule has 1 aliphatic carbocycles. The van der Waals surface area contributed by atoms with E-state index >= 15 is 0 Å². The van der Waals surface area contributed by atoms with E-state index in [1.165, 1.54) is 19.3 Å². The molecule has 1 fully saturated rings. The molecule has 2 N–H and O–H groups in total. The Hall–Kier alpha value is -0.0800. The maximum Gasteiger partial charge on any atom is 0.0248 e. The Kier molecular flexibility index (Phi) is 3.36. The number of hydrogen-bond donors (Lipinski definition) is 1. The van der Waals surface area contributed by atoms with Gasteiger partial charge in [0.2, 0.25) is 0 Å². The topological polar surface area (TPSA) is 29.3 Å². The summed E-state index contributed by atoms with van der Waals surface area (Å²) in [6.07, 6.45) is 3.95. The van der Waals surface area contributed by atoms with Gasteiger partial charge in [-0.1, -0.05) is 6.92 Å². The summed E-state index contributed by atoms with van der Waals surface area (Å²) in [5.41, 5.74) is 6.12. The Morgan fingerprint density at radius 3 is 2.31 bits per heavy atom. The monoisotopic (exact) mass is 184 g/mol. The average Bonchev–Trinajstić information content (AvgIpc) is 2.89. The van der Waals surface area contributed by atoms with E-state index in [4.69, 9.17) is 5.73 Å². The van der Waals surface area contributed by atoms with Crippen molar-refractivity contribution in [3.63, 3.8) is 0 Å². The average molecular weight is 184 g/mol. The zero-order valence-corrected chi connectivity index (χ0v) is 9.51. The molecule has 0 aromatic carbocycles. The van der Waals surface area contributed by atoms with Crippen molar-refractivity contribution in [1.29, 1.82) is 0 Å². The van der Waals surface area contributed by atoms with Crippen molar-refractivity contribution in [2.75, 3.05) is 13.6 Å². The molecule has 0 radical (unpaired) electrons. The zero-order chi connectivity index (χ0) is 10.1. The van der Waals surface area contributed by atoms with Crippen LogP contribution in [0.5, 0.6) is 0 Å². The minimum atomic E-state index is 0.298. The summed E-state index contributed by atoms with van der Waals surface area (Å²) < 4.78 is 0. The quantitative estimate of drug-likeness (QED) is 0.706. The molecule has 1 aliphatic rings. The van der Waals surface area contributed by atoms with Gasteiger partial charge in [-0.2, -0.15) is 0 Å². The number of likely N-dealkylation sites (N-methyl/N-ethyl adjacent to an activating group) is 1. The molecule has 0 saturated heterocycles. The molecule has 13 heavy (non-hydrogen) atoms. The third-order valence-corrected chi connectivity index (χ3v) is 3.73. The normalized spacial score (nSPS) is 20.8. The number of rotatable bonds is 5. The van der Waals surface area contributed by atoms with Gasteiger partial charge in [0.1, 0.15) is 0 Å².